The van der Waals surface area contributed by atoms with Gasteiger partial charge in [0.2, 0.25) is 0 Å². The van der Waals surface area contributed by atoms with Gasteiger partial charge in [-0.05, 0) is 52.8 Å². The van der Waals surface area contributed by atoms with E-state index in [9.17, 15) is 9.90 Å². The van der Waals surface area contributed by atoms with E-state index in [0.29, 0.717) is 23.7 Å². The van der Waals surface area contributed by atoms with Gasteiger partial charge >= 0.3 is 0 Å². The molecule has 0 bridgehead atoms. The van der Waals surface area contributed by atoms with E-state index in [0.717, 1.165) is 27.0 Å². The first-order valence-corrected chi connectivity index (χ1v) is 18.4. The Morgan fingerprint density at radius 1 is 0.740 bits per heavy atom. The number of hydrogen-bond donors (Lipinski definition) is 1. The van der Waals surface area contributed by atoms with Crippen molar-refractivity contribution in [3.8, 4) is 32.8 Å². The van der Waals surface area contributed by atoms with Gasteiger partial charge in [0.1, 0.15) is 6.33 Å². The van der Waals surface area contributed by atoms with E-state index in [1.54, 1.807) is 17.7 Å². The van der Waals surface area contributed by atoms with Gasteiger partial charge in [0.25, 0.3) is 0 Å². The largest absolute Gasteiger partial charge is 0.512 e. The zero-order valence-electron chi connectivity index (χ0n) is 31.5. The summed E-state index contributed by atoms with van der Waals surface area (Å²) in [6.45, 7) is 22.9. The number of nitrogens with zero attached hydrogens (tertiary/aromatic N) is 2. The molecule has 267 valence electrons. The normalized spacial score (nSPS) is 11.9. The van der Waals surface area contributed by atoms with Crippen LogP contribution in [0.15, 0.2) is 84.9 Å². The third kappa shape index (κ3) is 9.87. The number of hydrogen-bond acceptors (Lipinski definition) is 5. The first-order valence-electron chi connectivity index (χ1n) is 17.5. The summed E-state index contributed by atoms with van der Waals surface area (Å²) in [5.41, 5.74) is 10.2. The number of thiophene rings is 1. The van der Waals surface area contributed by atoms with Crippen molar-refractivity contribution in [2.75, 3.05) is 0 Å². The molecule has 0 aliphatic heterocycles. The number of fused-ring (bicyclic) bond motifs is 1. The fraction of sp³-hybridized carbons (Fsp3) is 0.386. The first-order chi connectivity index (χ1) is 23.2. The van der Waals surface area contributed by atoms with E-state index >= 15 is 0 Å². The second kappa shape index (κ2) is 18.2. The Hall–Kier alpha value is -3.44. The van der Waals surface area contributed by atoms with Gasteiger partial charge in [-0.25, -0.2) is 4.98 Å². The molecule has 4 nitrogen and oxygen atoms in total. The van der Waals surface area contributed by atoms with Crippen LogP contribution in [-0.4, -0.2) is 20.9 Å². The Bertz CT molecular complexity index is 1850. The molecule has 0 saturated heterocycles. The quantitative estimate of drug-likeness (QED) is 0.0863. The van der Waals surface area contributed by atoms with Gasteiger partial charge in [-0.1, -0.05) is 124 Å². The number of rotatable bonds is 10. The predicted octanol–water partition coefficient (Wildman–Crippen LogP) is 12.3. The first kappa shape index (κ1) is 41.0. The van der Waals surface area contributed by atoms with Gasteiger partial charge in [-0.3, -0.25) is 9.78 Å². The van der Waals surface area contributed by atoms with Crippen molar-refractivity contribution in [1.82, 2.24) is 9.97 Å². The molecular formula is C44H53IrN2O2S-. The molecule has 2 heterocycles. The second-order valence-corrected chi connectivity index (χ2v) is 15.7. The van der Waals surface area contributed by atoms with Crippen LogP contribution in [-0.2, 0) is 24.9 Å². The van der Waals surface area contributed by atoms with Gasteiger partial charge in [-0.2, -0.15) is 0 Å². The average molecular weight is 866 g/mol. The molecule has 50 heavy (non-hydrogen) atoms. The maximum absolute atomic E-state index is 12.3. The monoisotopic (exact) mass is 866 g/mol. The van der Waals surface area contributed by atoms with Crippen molar-refractivity contribution in [3.05, 3.63) is 108 Å². The molecule has 2 aromatic heterocycles. The van der Waals surface area contributed by atoms with Gasteiger partial charge in [-0.15, -0.1) is 46.2 Å². The maximum Gasteiger partial charge on any atom is 0.162 e. The number of aromatic nitrogens is 2. The molecule has 6 heteroatoms. The molecular weight excluding hydrogens is 813 g/mol. The third-order valence-corrected chi connectivity index (χ3v) is 10.5. The molecule has 0 spiro atoms. The number of benzene rings is 3. The summed E-state index contributed by atoms with van der Waals surface area (Å²) in [7, 11) is 0. The molecule has 0 atom stereocenters. The molecule has 0 amide bonds. The van der Waals surface area contributed by atoms with Gasteiger partial charge < -0.3 is 5.11 Å². The second-order valence-electron chi connectivity index (χ2n) is 14.7. The summed E-state index contributed by atoms with van der Waals surface area (Å²) >= 11 is 1.77. The molecule has 5 aromatic rings. The Labute approximate surface area is 317 Å². The maximum atomic E-state index is 12.3. The molecule has 0 saturated carbocycles. The van der Waals surface area contributed by atoms with Crippen LogP contribution in [0.5, 0.6) is 0 Å². The minimum atomic E-state index is -0.0119. The Kier molecular flexibility index (Phi) is 14.9. The van der Waals surface area contributed by atoms with Crippen LogP contribution in [0, 0.1) is 62.3 Å². The molecule has 3 aromatic carbocycles. The summed E-state index contributed by atoms with van der Waals surface area (Å²) in [5, 5.41) is 10.3. The van der Waals surface area contributed by atoms with Crippen LogP contribution < -0.4 is 0 Å². The third-order valence-electron chi connectivity index (χ3n) is 9.19. The number of aliphatic hydroxyl groups excluding tert-OH is 1. The summed E-state index contributed by atoms with van der Waals surface area (Å²) in [5.74, 6) is 1.63. The fourth-order valence-electron chi connectivity index (χ4n) is 7.18. The van der Waals surface area contributed by atoms with Crippen molar-refractivity contribution < 1.29 is 30.0 Å². The minimum Gasteiger partial charge on any atom is -0.512 e. The zero-order valence-corrected chi connectivity index (χ0v) is 34.7. The molecule has 0 fully saturated rings. The van der Waals surface area contributed by atoms with Gasteiger partial charge in [0, 0.05) is 53.3 Å². The van der Waals surface area contributed by atoms with Crippen LogP contribution in [0.4, 0.5) is 0 Å². The smallest absolute Gasteiger partial charge is 0.162 e. The standard InChI is InChI=1S/C27H21N2S.C17H32O2.Ir/c1-17-13-18(2)15-23(14-17)25-27-24(28-16-29-25)19(3)26(30-27)22-11-9-21(10-12-22)20-7-5-4-6-8-20;1-10(2)16(11(3)4)14(18)9-15(19)17(12(5)6)13(7)8;/h4-14,16H,1-3H3;9-13,16-18H,1-8H3;/q-1;;/b;14-9-;. The summed E-state index contributed by atoms with van der Waals surface area (Å²) in [6.07, 6.45) is 3.15. The van der Waals surface area contributed by atoms with E-state index in [1.807, 2.05) is 6.07 Å². The van der Waals surface area contributed by atoms with E-state index in [-0.39, 0.29) is 43.5 Å². The van der Waals surface area contributed by atoms with Crippen molar-refractivity contribution in [2.45, 2.75) is 76.2 Å². The van der Waals surface area contributed by atoms with E-state index in [2.05, 4.69) is 153 Å². The van der Waals surface area contributed by atoms with Crippen LogP contribution in [0.3, 0.4) is 0 Å². The zero-order chi connectivity index (χ0) is 36.0. The summed E-state index contributed by atoms with van der Waals surface area (Å²) in [4.78, 5) is 22.8. The van der Waals surface area contributed by atoms with Crippen LogP contribution in [0.25, 0.3) is 43.0 Å². The average Bonchev–Trinajstić information content (AvgIpc) is 3.37. The summed E-state index contributed by atoms with van der Waals surface area (Å²) in [6, 6.07) is 27.0. The molecule has 5 rings (SSSR count). The van der Waals surface area contributed by atoms with Crippen LogP contribution in [0.1, 0.15) is 72.1 Å². The number of carbonyl (C=O) groups excluding carboxylic acids is 1. The SMILES string of the molecule is CC(C)C(C(=O)/C=C(\O)C(C(C)C)C(C)C)C(C)C.Cc1[c-]c(-c2ncnc3c(C)c(-c4ccc(-c5ccccc5)cc4)sc23)cc(C)c1.[Ir]. The van der Waals surface area contributed by atoms with Crippen molar-refractivity contribution in [3.63, 3.8) is 0 Å². The fourth-order valence-corrected chi connectivity index (χ4v) is 8.45. The number of aliphatic hydroxyl groups is 1. The van der Waals surface area contributed by atoms with Gasteiger partial charge in [0.05, 0.1) is 11.3 Å². The predicted molar refractivity (Wildman–Crippen MR) is 209 cm³/mol. The molecule has 0 aliphatic rings. The molecule has 1 N–H and O–H groups in total. The minimum absolute atomic E-state index is 0. The topological polar surface area (TPSA) is 63.1 Å². The molecule has 0 aliphatic carbocycles. The number of ketones is 1. The van der Waals surface area contributed by atoms with Crippen molar-refractivity contribution in [2.24, 2.45) is 35.5 Å². The number of allylic oxidation sites excluding steroid dienone is 2. The number of aryl methyl sites for hydroxylation is 3. The van der Waals surface area contributed by atoms with E-state index < -0.39 is 0 Å². The summed E-state index contributed by atoms with van der Waals surface area (Å²) < 4.78 is 1.12. The molecule has 1 radical (unpaired) electrons. The van der Waals surface area contributed by atoms with Crippen molar-refractivity contribution >= 4 is 27.3 Å². The number of carbonyl (C=O) groups is 1. The van der Waals surface area contributed by atoms with Crippen molar-refractivity contribution in [1.29, 1.82) is 0 Å². The molecule has 0 unspecified atom stereocenters. The van der Waals surface area contributed by atoms with E-state index in [4.69, 9.17) is 0 Å². The Balaban J connectivity index is 0.000000296. The Morgan fingerprint density at radius 2 is 1.28 bits per heavy atom. The Morgan fingerprint density at radius 3 is 1.82 bits per heavy atom. The van der Waals surface area contributed by atoms with Crippen LogP contribution in [0.2, 0.25) is 0 Å². The van der Waals surface area contributed by atoms with E-state index in [1.165, 1.54) is 38.8 Å². The van der Waals surface area contributed by atoms with Gasteiger partial charge in [0.15, 0.2) is 5.78 Å². The van der Waals surface area contributed by atoms with Crippen LogP contribution >= 0.6 is 11.3 Å².